The number of benzene rings is 2. The Morgan fingerprint density at radius 1 is 1.00 bits per heavy atom. The number of aromatic nitrogens is 2. The number of carbonyl (C=O) groups is 1. The summed E-state index contributed by atoms with van der Waals surface area (Å²) in [4.78, 5) is 20.5. The molecule has 2 heterocycles. The van der Waals surface area contributed by atoms with Crippen molar-refractivity contribution in [3.05, 3.63) is 65.5 Å². The molecule has 2 aromatic carbocycles. The zero-order valence-electron chi connectivity index (χ0n) is 20.5. The van der Waals surface area contributed by atoms with Crippen LogP contribution >= 0.6 is 12.6 Å². The number of aromatic amines is 1. The SMILES string of the molecule is CC(C)c1ccc(-c2nc(C(S)[C@@H]3CC(C)(O)CC(=O)O3)[nH]c2-c2ccc(C(C)C)cc2)cc1. The second-order valence-electron chi connectivity index (χ2n) is 10.3. The van der Waals surface area contributed by atoms with E-state index in [0.29, 0.717) is 24.1 Å². The number of aliphatic hydroxyl groups is 1. The van der Waals surface area contributed by atoms with Crippen LogP contribution in [0.15, 0.2) is 48.5 Å². The van der Waals surface area contributed by atoms with E-state index >= 15 is 0 Å². The van der Waals surface area contributed by atoms with Crippen LogP contribution in [-0.2, 0) is 9.53 Å². The molecule has 180 valence electrons. The third-order valence-corrected chi connectivity index (χ3v) is 7.10. The van der Waals surface area contributed by atoms with Crippen molar-refractivity contribution in [3.63, 3.8) is 0 Å². The summed E-state index contributed by atoms with van der Waals surface area (Å²) >= 11 is 4.77. The van der Waals surface area contributed by atoms with E-state index in [1.807, 2.05) is 0 Å². The Bertz CT molecular complexity index is 1080. The predicted octanol–water partition coefficient (Wildman–Crippen LogP) is 6.42. The average molecular weight is 479 g/mol. The van der Waals surface area contributed by atoms with Crippen LogP contribution in [0.25, 0.3) is 22.5 Å². The maximum Gasteiger partial charge on any atom is 0.309 e. The fraction of sp³-hybridized carbons (Fsp3) is 0.429. The van der Waals surface area contributed by atoms with E-state index in [-0.39, 0.29) is 6.42 Å². The molecule has 1 saturated heterocycles. The number of rotatable bonds is 6. The average Bonchev–Trinajstić information content (AvgIpc) is 3.22. The summed E-state index contributed by atoms with van der Waals surface area (Å²) in [7, 11) is 0. The van der Waals surface area contributed by atoms with Gasteiger partial charge in [0.15, 0.2) is 0 Å². The van der Waals surface area contributed by atoms with E-state index in [1.165, 1.54) is 11.1 Å². The van der Waals surface area contributed by atoms with Gasteiger partial charge in [-0.15, -0.1) is 0 Å². The molecule has 0 radical (unpaired) electrons. The standard InChI is InChI=1S/C28H34N2O3S/c1-16(2)18-6-10-20(11-7-18)24-25(21-12-8-19(9-13-21)17(3)4)30-27(29-24)26(34)22-14-28(5,32)15-23(31)33-22/h6-13,16-17,22,26,32,34H,14-15H2,1-5H3,(H,29,30)/t22-,26?,28?/m0/s1. The lowest BCUT2D eigenvalue weighted by atomic mass is 9.90. The number of cyclic esters (lactones) is 1. The smallest absolute Gasteiger partial charge is 0.309 e. The number of carbonyl (C=O) groups excluding carboxylic acids is 1. The van der Waals surface area contributed by atoms with Gasteiger partial charge in [-0.2, -0.15) is 12.6 Å². The molecule has 5 nitrogen and oxygen atoms in total. The quantitative estimate of drug-likeness (QED) is 0.282. The normalized spacial score (nSPS) is 21.7. The van der Waals surface area contributed by atoms with E-state index in [1.54, 1.807) is 6.92 Å². The minimum absolute atomic E-state index is 0.0109. The summed E-state index contributed by atoms with van der Waals surface area (Å²) in [5.74, 6) is 1.10. The van der Waals surface area contributed by atoms with Crippen molar-refractivity contribution < 1.29 is 14.6 Å². The van der Waals surface area contributed by atoms with E-state index in [4.69, 9.17) is 22.3 Å². The molecule has 2 unspecified atom stereocenters. The van der Waals surface area contributed by atoms with Crippen LogP contribution in [0.1, 0.15) is 81.5 Å². The van der Waals surface area contributed by atoms with E-state index in [9.17, 15) is 9.90 Å². The van der Waals surface area contributed by atoms with Gasteiger partial charge in [0.05, 0.1) is 28.7 Å². The van der Waals surface area contributed by atoms with Crippen LogP contribution in [0, 0.1) is 0 Å². The van der Waals surface area contributed by atoms with Crippen molar-refractivity contribution in [2.24, 2.45) is 0 Å². The lowest BCUT2D eigenvalue weighted by molar-refractivity contribution is -0.168. The fourth-order valence-corrected chi connectivity index (χ4v) is 4.72. The molecule has 6 heteroatoms. The van der Waals surface area contributed by atoms with Crippen molar-refractivity contribution in [2.75, 3.05) is 0 Å². The van der Waals surface area contributed by atoms with Gasteiger partial charge in [0.2, 0.25) is 0 Å². The molecule has 0 amide bonds. The Labute approximate surface area is 207 Å². The number of imidazole rings is 1. The molecule has 1 aliphatic heterocycles. The van der Waals surface area contributed by atoms with Crippen molar-refractivity contribution in [1.29, 1.82) is 0 Å². The van der Waals surface area contributed by atoms with Gasteiger partial charge < -0.3 is 14.8 Å². The van der Waals surface area contributed by atoms with Gasteiger partial charge in [-0.05, 0) is 29.9 Å². The molecule has 2 N–H and O–H groups in total. The largest absolute Gasteiger partial charge is 0.461 e. The van der Waals surface area contributed by atoms with Gasteiger partial charge in [-0.3, -0.25) is 4.79 Å². The molecular weight excluding hydrogens is 444 g/mol. The number of hydrogen-bond donors (Lipinski definition) is 3. The second kappa shape index (κ2) is 9.59. The fourth-order valence-electron chi connectivity index (χ4n) is 4.43. The maximum absolute atomic E-state index is 12.1. The Kier molecular flexibility index (Phi) is 6.92. The van der Waals surface area contributed by atoms with Crippen LogP contribution in [0.5, 0.6) is 0 Å². The van der Waals surface area contributed by atoms with Crippen LogP contribution in [-0.4, -0.2) is 32.7 Å². The molecule has 4 rings (SSSR count). The topological polar surface area (TPSA) is 75.2 Å². The highest BCUT2D eigenvalue weighted by Crippen LogP contribution is 2.38. The highest BCUT2D eigenvalue weighted by molar-refractivity contribution is 7.80. The summed E-state index contributed by atoms with van der Waals surface area (Å²) < 4.78 is 5.55. The third kappa shape index (κ3) is 5.23. The number of thiol groups is 1. The van der Waals surface area contributed by atoms with Crippen LogP contribution in [0.2, 0.25) is 0 Å². The molecule has 1 aromatic heterocycles. The lowest BCUT2D eigenvalue weighted by Gasteiger charge is -2.35. The monoisotopic (exact) mass is 478 g/mol. The highest BCUT2D eigenvalue weighted by atomic mass is 32.1. The van der Waals surface area contributed by atoms with E-state index < -0.39 is 22.9 Å². The summed E-state index contributed by atoms with van der Waals surface area (Å²) in [5.41, 5.74) is 5.19. The first kappa shape index (κ1) is 24.6. The number of hydrogen-bond acceptors (Lipinski definition) is 5. The molecule has 1 aliphatic rings. The predicted molar refractivity (Wildman–Crippen MR) is 139 cm³/mol. The Hall–Kier alpha value is -2.57. The number of esters is 1. The summed E-state index contributed by atoms with van der Waals surface area (Å²) in [6, 6.07) is 17.0. The van der Waals surface area contributed by atoms with Gasteiger partial charge in [-0.1, -0.05) is 76.2 Å². The molecule has 3 atom stereocenters. The third-order valence-electron chi connectivity index (χ3n) is 6.52. The molecule has 0 spiro atoms. The molecule has 34 heavy (non-hydrogen) atoms. The highest BCUT2D eigenvalue weighted by Gasteiger charge is 2.40. The van der Waals surface area contributed by atoms with Crippen LogP contribution in [0.4, 0.5) is 0 Å². The van der Waals surface area contributed by atoms with Gasteiger partial charge in [0.1, 0.15) is 11.9 Å². The van der Waals surface area contributed by atoms with Crippen molar-refractivity contribution in [2.45, 2.75) is 76.3 Å². The summed E-state index contributed by atoms with van der Waals surface area (Å²) in [5, 5.41) is 10.0. The minimum Gasteiger partial charge on any atom is -0.461 e. The van der Waals surface area contributed by atoms with Gasteiger partial charge >= 0.3 is 5.97 Å². The van der Waals surface area contributed by atoms with E-state index in [2.05, 4.69) is 81.2 Å². The van der Waals surface area contributed by atoms with Gasteiger partial charge in [0.25, 0.3) is 0 Å². The first-order chi connectivity index (χ1) is 16.0. The zero-order valence-corrected chi connectivity index (χ0v) is 21.4. The first-order valence-corrected chi connectivity index (χ1v) is 12.5. The number of nitrogens with zero attached hydrogens (tertiary/aromatic N) is 1. The van der Waals surface area contributed by atoms with Crippen molar-refractivity contribution in [1.82, 2.24) is 9.97 Å². The Morgan fingerprint density at radius 3 is 2.03 bits per heavy atom. The second-order valence-corrected chi connectivity index (χ2v) is 10.8. The van der Waals surface area contributed by atoms with Gasteiger partial charge in [-0.25, -0.2) is 4.98 Å². The lowest BCUT2D eigenvalue weighted by Crippen LogP contribution is -2.42. The summed E-state index contributed by atoms with van der Waals surface area (Å²) in [6.07, 6.45) is -0.272. The maximum atomic E-state index is 12.1. The zero-order chi connectivity index (χ0) is 24.6. The number of nitrogens with one attached hydrogen (secondary N) is 1. The van der Waals surface area contributed by atoms with Crippen molar-refractivity contribution in [3.8, 4) is 22.5 Å². The Morgan fingerprint density at radius 2 is 1.53 bits per heavy atom. The molecular formula is C28H34N2O3S. The molecule has 0 aliphatic carbocycles. The van der Waals surface area contributed by atoms with E-state index in [0.717, 1.165) is 22.5 Å². The first-order valence-electron chi connectivity index (χ1n) is 11.9. The Balaban J connectivity index is 1.75. The molecule has 1 fully saturated rings. The van der Waals surface area contributed by atoms with Crippen molar-refractivity contribution >= 4 is 18.6 Å². The molecule has 0 bridgehead atoms. The van der Waals surface area contributed by atoms with Crippen LogP contribution < -0.4 is 0 Å². The number of ether oxygens (including phenoxy) is 1. The minimum atomic E-state index is -1.11. The number of H-pyrrole nitrogens is 1. The molecule has 0 saturated carbocycles. The molecule has 3 aromatic rings. The van der Waals surface area contributed by atoms with Crippen LogP contribution in [0.3, 0.4) is 0 Å². The summed E-state index contributed by atoms with van der Waals surface area (Å²) in [6.45, 7) is 10.4. The van der Waals surface area contributed by atoms with Gasteiger partial charge in [0, 0.05) is 17.5 Å².